The molecule has 1 aliphatic rings. The van der Waals surface area contributed by atoms with Crippen LogP contribution < -0.4 is 10.6 Å². The molecule has 1 aromatic heterocycles. The highest BCUT2D eigenvalue weighted by atomic mass is 32.1. The Bertz CT molecular complexity index is 384. The molecule has 1 unspecified atom stereocenters. The summed E-state index contributed by atoms with van der Waals surface area (Å²) in [5, 5.41) is 1.18. The number of anilines is 1. The topological polar surface area (TPSA) is 42.2 Å². The lowest BCUT2D eigenvalue weighted by molar-refractivity contribution is 0.263. The predicted molar refractivity (Wildman–Crippen MR) is 79.2 cm³/mol. The lowest BCUT2D eigenvalue weighted by atomic mass is 9.80. The van der Waals surface area contributed by atoms with Crippen molar-refractivity contribution in [3.05, 3.63) is 10.6 Å². The van der Waals surface area contributed by atoms with Crippen LogP contribution in [0.3, 0.4) is 0 Å². The van der Waals surface area contributed by atoms with E-state index in [9.17, 15) is 0 Å². The number of aryl methyl sites for hydroxylation is 1. The molecule has 1 atom stereocenters. The highest BCUT2D eigenvalue weighted by Gasteiger charge is 2.33. The summed E-state index contributed by atoms with van der Waals surface area (Å²) in [6, 6.07) is 0. The third-order valence-electron chi connectivity index (χ3n) is 3.97. The van der Waals surface area contributed by atoms with Crippen LogP contribution >= 0.6 is 11.3 Å². The van der Waals surface area contributed by atoms with Gasteiger partial charge in [-0.05, 0) is 24.2 Å². The van der Waals surface area contributed by atoms with E-state index in [0.717, 1.165) is 25.4 Å². The molecule has 2 N–H and O–H groups in total. The molecule has 1 fully saturated rings. The van der Waals surface area contributed by atoms with Crippen LogP contribution in [0.4, 0.5) is 5.13 Å². The van der Waals surface area contributed by atoms with E-state index in [1.807, 2.05) is 0 Å². The summed E-state index contributed by atoms with van der Waals surface area (Å²) >= 11 is 1.78. The molecule has 2 heterocycles. The maximum Gasteiger partial charge on any atom is 0.185 e. The van der Waals surface area contributed by atoms with Gasteiger partial charge in [0.25, 0.3) is 0 Å². The summed E-state index contributed by atoms with van der Waals surface area (Å²) in [5.41, 5.74) is 7.38. The Kier molecular flexibility index (Phi) is 3.97. The molecule has 1 aliphatic heterocycles. The lowest BCUT2D eigenvalue weighted by Crippen LogP contribution is -2.25. The fraction of sp³-hybridized carbons (Fsp3) is 0.786. The van der Waals surface area contributed by atoms with Gasteiger partial charge in [0.2, 0.25) is 0 Å². The molecule has 0 amide bonds. The van der Waals surface area contributed by atoms with Crippen molar-refractivity contribution in [1.82, 2.24) is 4.98 Å². The maximum absolute atomic E-state index is 5.79. The van der Waals surface area contributed by atoms with E-state index < -0.39 is 0 Å². The molecule has 0 aromatic carbocycles. The number of nitrogens with zero attached hydrogens (tertiary/aromatic N) is 2. The maximum atomic E-state index is 5.79. The molecule has 0 bridgehead atoms. The first-order chi connectivity index (χ1) is 8.45. The Hall–Kier alpha value is -0.610. The van der Waals surface area contributed by atoms with Gasteiger partial charge in [0.05, 0.1) is 5.69 Å². The van der Waals surface area contributed by atoms with E-state index in [0.29, 0.717) is 12.0 Å². The second-order valence-electron chi connectivity index (χ2n) is 6.22. The van der Waals surface area contributed by atoms with Crippen LogP contribution in [0, 0.1) is 11.3 Å². The summed E-state index contributed by atoms with van der Waals surface area (Å²) in [6.45, 7) is 12.1. The van der Waals surface area contributed by atoms with Crippen molar-refractivity contribution < 1.29 is 0 Å². The number of aromatic nitrogens is 1. The van der Waals surface area contributed by atoms with Gasteiger partial charge in [-0.3, -0.25) is 0 Å². The number of thiazole rings is 1. The molecule has 0 radical (unpaired) electrons. The van der Waals surface area contributed by atoms with E-state index in [2.05, 4.69) is 32.6 Å². The molecule has 1 saturated heterocycles. The zero-order valence-electron chi connectivity index (χ0n) is 12.0. The molecule has 2 rings (SSSR count). The third kappa shape index (κ3) is 2.69. The first-order valence-electron chi connectivity index (χ1n) is 6.89. The van der Waals surface area contributed by atoms with E-state index >= 15 is 0 Å². The molecule has 3 nitrogen and oxygen atoms in total. The number of rotatable bonds is 3. The summed E-state index contributed by atoms with van der Waals surface area (Å²) in [7, 11) is 0. The minimum absolute atomic E-state index is 0.399. The van der Waals surface area contributed by atoms with Crippen molar-refractivity contribution in [1.29, 1.82) is 0 Å². The first kappa shape index (κ1) is 13.8. The Morgan fingerprint density at radius 3 is 2.61 bits per heavy atom. The van der Waals surface area contributed by atoms with Crippen LogP contribution in [0.15, 0.2) is 0 Å². The van der Waals surface area contributed by atoms with E-state index in [4.69, 9.17) is 10.7 Å². The summed E-state index contributed by atoms with van der Waals surface area (Å²) in [5.74, 6) is 0.771. The van der Waals surface area contributed by atoms with Crippen molar-refractivity contribution in [3.8, 4) is 0 Å². The highest BCUT2D eigenvalue weighted by Crippen LogP contribution is 2.37. The molecule has 0 spiro atoms. The Morgan fingerprint density at radius 2 is 2.17 bits per heavy atom. The zero-order chi connectivity index (χ0) is 13.3. The SMILES string of the molecule is CCc1nc(N2CCC(C(C)(C)C)C2)sc1CN. The van der Waals surface area contributed by atoms with Gasteiger partial charge in [-0.25, -0.2) is 4.98 Å². The van der Waals surface area contributed by atoms with Crippen LogP contribution in [-0.2, 0) is 13.0 Å². The number of nitrogens with two attached hydrogens (primary N) is 1. The Morgan fingerprint density at radius 1 is 1.44 bits per heavy atom. The molecular weight excluding hydrogens is 242 g/mol. The third-order valence-corrected chi connectivity index (χ3v) is 5.15. The minimum Gasteiger partial charge on any atom is -0.348 e. The van der Waals surface area contributed by atoms with Crippen LogP contribution in [0.25, 0.3) is 0 Å². The van der Waals surface area contributed by atoms with E-state index in [1.54, 1.807) is 11.3 Å². The number of hydrogen-bond donors (Lipinski definition) is 1. The normalized spacial score (nSPS) is 20.7. The largest absolute Gasteiger partial charge is 0.348 e. The lowest BCUT2D eigenvalue weighted by Gasteiger charge is -2.26. The fourth-order valence-corrected chi connectivity index (χ4v) is 3.64. The van der Waals surface area contributed by atoms with Crippen LogP contribution in [0.2, 0.25) is 0 Å². The smallest absolute Gasteiger partial charge is 0.185 e. The monoisotopic (exact) mass is 267 g/mol. The van der Waals surface area contributed by atoms with Gasteiger partial charge in [-0.2, -0.15) is 0 Å². The second kappa shape index (κ2) is 5.17. The molecule has 0 aliphatic carbocycles. The molecule has 18 heavy (non-hydrogen) atoms. The minimum atomic E-state index is 0.399. The van der Waals surface area contributed by atoms with Gasteiger partial charge in [0.1, 0.15) is 0 Å². The van der Waals surface area contributed by atoms with Crippen molar-refractivity contribution in [2.75, 3.05) is 18.0 Å². The first-order valence-corrected chi connectivity index (χ1v) is 7.71. The quantitative estimate of drug-likeness (QED) is 0.915. The van der Waals surface area contributed by atoms with Gasteiger partial charge < -0.3 is 10.6 Å². The predicted octanol–water partition coefficient (Wildman–Crippen LogP) is 3.04. The Balaban J connectivity index is 2.12. The van der Waals surface area contributed by atoms with Gasteiger partial charge in [0.15, 0.2) is 5.13 Å². The standard InChI is InChI=1S/C14H25N3S/c1-5-11-12(8-15)18-13(16-11)17-7-6-10(9-17)14(2,3)4/h10H,5-9,15H2,1-4H3. The number of hydrogen-bond acceptors (Lipinski definition) is 4. The van der Waals surface area contributed by atoms with Crippen LogP contribution in [-0.4, -0.2) is 18.1 Å². The van der Waals surface area contributed by atoms with Gasteiger partial charge in [0, 0.05) is 24.5 Å². The highest BCUT2D eigenvalue weighted by molar-refractivity contribution is 7.15. The van der Waals surface area contributed by atoms with Crippen molar-refractivity contribution in [2.24, 2.45) is 17.1 Å². The second-order valence-corrected chi connectivity index (χ2v) is 7.28. The van der Waals surface area contributed by atoms with Gasteiger partial charge >= 0.3 is 0 Å². The van der Waals surface area contributed by atoms with Gasteiger partial charge in [-0.1, -0.05) is 27.7 Å². The van der Waals surface area contributed by atoms with Gasteiger partial charge in [-0.15, -0.1) is 11.3 Å². The zero-order valence-corrected chi connectivity index (χ0v) is 12.8. The van der Waals surface area contributed by atoms with Crippen molar-refractivity contribution in [3.63, 3.8) is 0 Å². The molecule has 1 aromatic rings. The summed E-state index contributed by atoms with van der Waals surface area (Å²) < 4.78 is 0. The fourth-order valence-electron chi connectivity index (χ4n) is 2.58. The van der Waals surface area contributed by atoms with E-state index in [-0.39, 0.29) is 0 Å². The summed E-state index contributed by atoms with van der Waals surface area (Å²) in [6.07, 6.45) is 2.27. The van der Waals surface area contributed by atoms with Crippen LogP contribution in [0.5, 0.6) is 0 Å². The van der Waals surface area contributed by atoms with E-state index in [1.165, 1.54) is 22.1 Å². The van der Waals surface area contributed by atoms with Crippen LogP contribution in [0.1, 0.15) is 44.7 Å². The molecule has 102 valence electrons. The Labute approximate surface area is 114 Å². The molecular formula is C14H25N3S. The van der Waals surface area contributed by atoms with Crippen molar-refractivity contribution >= 4 is 16.5 Å². The van der Waals surface area contributed by atoms with Crippen molar-refractivity contribution in [2.45, 2.75) is 47.1 Å². The average Bonchev–Trinajstić information content (AvgIpc) is 2.93. The molecule has 0 saturated carbocycles. The summed E-state index contributed by atoms with van der Waals surface area (Å²) in [4.78, 5) is 8.46. The average molecular weight is 267 g/mol. The molecule has 4 heteroatoms.